The lowest BCUT2D eigenvalue weighted by Crippen LogP contribution is -2.42. The number of thiocarbonyl (C=S) groups is 1. The van der Waals surface area contributed by atoms with Gasteiger partial charge in [-0.05, 0) is 6.92 Å². The normalized spacial score (nSPS) is 9.71. The predicted octanol–water partition coefficient (Wildman–Crippen LogP) is -0.998. The van der Waals surface area contributed by atoms with Crippen LogP contribution in [0.3, 0.4) is 0 Å². The fraction of sp³-hybridized carbons (Fsp3) is 0.333. The lowest BCUT2D eigenvalue weighted by Gasteiger charge is -2.03. The summed E-state index contributed by atoms with van der Waals surface area (Å²) in [5.74, 6) is -1.11. The second kappa shape index (κ2) is 5.94. The van der Waals surface area contributed by atoms with Gasteiger partial charge in [0.1, 0.15) is 0 Å². The molecule has 0 saturated heterocycles. The van der Waals surface area contributed by atoms with Crippen LogP contribution in [-0.4, -0.2) is 28.5 Å². The van der Waals surface area contributed by atoms with Crippen LogP contribution in [-0.2, 0) is 16.1 Å². The summed E-state index contributed by atoms with van der Waals surface area (Å²) in [7, 11) is 0. The zero-order valence-electron chi connectivity index (χ0n) is 9.15. The molecule has 0 aromatic carbocycles. The van der Waals surface area contributed by atoms with Crippen molar-refractivity contribution in [1.82, 2.24) is 15.8 Å². The fourth-order valence-electron chi connectivity index (χ4n) is 0.995. The molecule has 0 radical (unpaired) electrons. The smallest absolute Gasteiger partial charge is 0.309 e. The third-order valence-electron chi connectivity index (χ3n) is 1.73. The van der Waals surface area contributed by atoms with Crippen LogP contribution >= 0.6 is 12.2 Å². The molecule has 0 atom stereocenters. The van der Waals surface area contributed by atoms with Gasteiger partial charge < -0.3 is 20.9 Å². The highest BCUT2D eigenvalue weighted by atomic mass is 32.1. The number of hydrogen-bond donors (Lipinski definition) is 3. The minimum absolute atomic E-state index is 0.0109. The molecule has 1 rings (SSSR count). The van der Waals surface area contributed by atoms with E-state index < -0.39 is 11.8 Å². The van der Waals surface area contributed by atoms with Crippen molar-refractivity contribution in [1.29, 1.82) is 0 Å². The molecule has 1 aromatic rings. The van der Waals surface area contributed by atoms with Crippen molar-refractivity contribution < 1.29 is 14.1 Å². The van der Waals surface area contributed by atoms with Crippen molar-refractivity contribution in [2.45, 2.75) is 13.5 Å². The maximum atomic E-state index is 11.3. The highest BCUT2D eigenvalue weighted by Crippen LogP contribution is 2.00. The molecular formula is C9H12N4O3S. The van der Waals surface area contributed by atoms with Crippen molar-refractivity contribution in [3.8, 4) is 0 Å². The molecule has 0 spiro atoms. The van der Waals surface area contributed by atoms with Gasteiger partial charge >= 0.3 is 11.8 Å². The van der Waals surface area contributed by atoms with Gasteiger partial charge in [0.25, 0.3) is 0 Å². The molecule has 0 aliphatic carbocycles. The lowest BCUT2D eigenvalue weighted by atomic mass is 10.4. The van der Waals surface area contributed by atoms with E-state index >= 15 is 0 Å². The van der Waals surface area contributed by atoms with E-state index in [1.165, 1.54) is 0 Å². The molecule has 0 aliphatic heterocycles. The largest absolute Gasteiger partial charge is 0.392 e. The third kappa shape index (κ3) is 4.60. The van der Waals surface area contributed by atoms with Crippen LogP contribution in [0.2, 0.25) is 0 Å². The average molecular weight is 256 g/mol. The number of aryl methyl sites for hydroxylation is 1. The Balaban J connectivity index is 2.34. The molecule has 7 nitrogen and oxygen atoms in total. The zero-order valence-corrected chi connectivity index (χ0v) is 9.97. The third-order valence-corrected chi connectivity index (χ3v) is 1.87. The molecule has 0 saturated carbocycles. The Morgan fingerprint density at radius 1 is 1.47 bits per heavy atom. The van der Waals surface area contributed by atoms with Crippen molar-refractivity contribution in [2.24, 2.45) is 5.73 Å². The van der Waals surface area contributed by atoms with E-state index in [4.69, 9.17) is 10.3 Å². The van der Waals surface area contributed by atoms with Crippen molar-refractivity contribution >= 4 is 29.0 Å². The molecule has 8 heteroatoms. The number of nitrogens with zero attached hydrogens (tertiary/aromatic N) is 1. The number of nitrogens with one attached hydrogen (secondary N) is 2. The first-order valence-electron chi connectivity index (χ1n) is 4.75. The number of rotatable bonds is 4. The maximum Gasteiger partial charge on any atom is 0.309 e. The van der Waals surface area contributed by atoms with E-state index in [-0.39, 0.29) is 18.1 Å². The van der Waals surface area contributed by atoms with Crippen LogP contribution in [0, 0.1) is 6.92 Å². The molecular weight excluding hydrogens is 244 g/mol. The Kier molecular flexibility index (Phi) is 4.58. The summed E-state index contributed by atoms with van der Waals surface area (Å²) in [6, 6.07) is 1.66. The second-order valence-corrected chi connectivity index (χ2v) is 3.79. The molecule has 1 heterocycles. The van der Waals surface area contributed by atoms with Gasteiger partial charge in [-0.3, -0.25) is 9.59 Å². The van der Waals surface area contributed by atoms with Crippen LogP contribution in [0.5, 0.6) is 0 Å². The van der Waals surface area contributed by atoms with E-state index in [0.717, 1.165) is 0 Å². The predicted molar refractivity (Wildman–Crippen MR) is 62.9 cm³/mol. The molecule has 17 heavy (non-hydrogen) atoms. The summed E-state index contributed by atoms with van der Waals surface area (Å²) in [6.45, 7) is 1.84. The van der Waals surface area contributed by atoms with Gasteiger partial charge in [-0.1, -0.05) is 17.4 Å². The maximum absolute atomic E-state index is 11.3. The Morgan fingerprint density at radius 3 is 2.65 bits per heavy atom. The van der Waals surface area contributed by atoms with E-state index in [1.54, 1.807) is 13.0 Å². The van der Waals surface area contributed by atoms with Gasteiger partial charge in [0, 0.05) is 6.07 Å². The van der Waals surface area contributed by atoms with Gasteiger partial charge in [0.15, 0.2) is 5.76 Å². The minimum atomic E-state index is -0.797. The lowest BCUT2D eigenvalue weighted by molar-refractivity contribution is -0.139. The van der Waals surface area contributed by atoms with Gasteiger partial charge in [-0.2, -0.15) is 0 Å². The topological polar surface area (TPSA) is 110 Å². The minimum Gasteiger partial charge on any atom is -0.392 e. The molecule has 0 fully saturated rings. The van der Waals surface area contributed by atoms with Crippen LogP contribution < -0.4 is 16.4 Å². The number of amides is 2. The second-order valence-electron chi connectivity index (χ2n) is 3.27. The van der Waals surface area contributed by atoms with Gasteiger partial charge in [-0.25, -0.2) is 0 Å². The molecule has 2 amide bonds. The first-order valence-corrected chi connectivity index (χ1v) is 5.16. The first kappa shape index (κ1) is 13.1. The summed E-state index contributed by atoms with van der Waals surface area (Å²) >= 11 is 4.55. The highest BCUT2D eigenvalue weighted by Gasteiger charge is 2.13. The van der Waals surface area contributed by atoms with Crippen LogP contribution in [0.25, 0.3) is 0 Å². The van der Waals surface area contributed by atoms with E-state index in [2.05, 4.69) is 28.0 Å². The van der Waals surface area contributed by atoms with Gasteiger partial charge in [0.2, 0.25) is 0 Å². The Morgan fingerprint density at radius 2 is 2.12 bits per heavy atom. The van der Waals surface area contributed by atoms with E-state index in [1.807, 2.05) is 0 Å². The van der Waals surface area contributed by atoms with Gasteiger partial charge in [0.05, 0.1) is 23.8 Å². The Labute approximate surface area is 103 Å². The van der Waals surface area contributed by atoms with Crippen LogP contribution in [0.4, 0.5) is 0 Å². The Hall–Kier alpha value is -1.96. The van der Waals surface area contributed by atoms with E-state index in [0.29, 0.717) is 11.5 Å². The van der Waals surface area contributed by atoms with Crippen molar-refractivity contribution in [2.75, 3.05) is 6.54 Å². The van der Waals surface area contributed by atoms with E-state index in [9.17, 15) is 9.59 Å². The van der Waals surface area contributed by atoms with Crippen molar-refractivity contribution in [3.63, 3.8) is 0 Å². The van der Waals surface area contributed by atoms with Gasteiger partial charge in [-0.15, -0.1) is 0 Å². The van der Waals surface area contributed by atoms with Crippen LogP contribution in [0.1, 0.15) is 11.5 Å². The molecule has 92 valence electrons. The standard InChI is InChI=1S/C9H12N4O3S/c1-5-2-6(16-13-5)3-11-8(14)9(15)12-4-7(10)17/h2H,3-4H2,1H3,(H2,10,17)(H,11,14)(H,12,15). The number of carbonyl (C=O) groups excluding carboxylic acids is 2. The SMILES string of the molecule is Cc1cc(CNC(=O)C(=O)NCC(N)=S)on1. The highest BCUT2D eigenvalue weighted by molar-refractivity contribution is 7.80. The van der Waals surface area contributed by atoms with Crippen molar-refractivity contribution in [3.05, 3.63) is 17.5 Å². The molecule has 0 unspecified atom stereocenters. The molecule has 4 N–H and O–H groups in total. The first-order chi connectivity index (χ1) is 7.99. The fourth-order valence-corrected chi connectivity index (χ4v) is 1.07. The summed E-state index contributed by atoms with van der Waals surface area (Å²) in [5, 5.41) is 8.27. The molecule has 0 aliphatic rings. The quantitative estimate of drug-likeness (QED) is 0.471. The molecule has 0 bridgehead atoms. The zero-order chi connectivity index (χ0) is 12.8. The number of hydrogen-bond acceptors (Lipinski definition) is 5. The number of carbonyl (C=O) groups is 2. The summed E-state index contributed by atoms with van der Waals surface area (Å²) in [4.78, 5) is 22.6. The summed E-state index contributed by atoms with van der Waals surface area (Å²) in [5.41, 5.74) is 5.87. The summed E-state index contributed by atoms with van der Waals surface area (Å²) in [6.07, 6.45) is 0. The number of nitrogens with two attached hydrogens (primary N) is 1. The monoisotopic (exact) mass is 256 g/mol. The summed E-state index contributed by atoms with van der Waals surface area (Å²) < 4.78 is 4.86. The van der Waals surface area contributed by atoms with Crippen LogP contribution in [0.15, 0.2) is 10.6 Å². The average Bonchev–Trinajstić information content (AvgIpc) is 2.68. The molecule has 1 aromatic heterocycles. The number of aromatic nitrogens is 1. The Bertz CT molecular complexity index is 443.